The van der Waals surface area contributed by atoms with Gasteiger partial charge in [0.15, 0.2) is 3.95 Å². The highest BCUT2D eigenvalue weighted by atomic mass is 32.1. The Morgan fingerprint density at radius 3 is 2.62 bits per heavy atom. The summed E-state index contributed by atoms with van der Waals surface area (Å²) in [6, 6.07) is 8.19. The van der Waals surface area contributed by atoms with Crippen molar-refractivity contribution >= 4 is 23.6 Å². The topological polar surface area (TPSA) is 25.0 Å². The number of hydrogen-bond donors (Lipinski definition) is 1. The highest BCUT2D eigenvalue weighted by Crippen LogP contribution is 2.17. The fraction of sp³-hybridized carbons (Fsp3) is 0.250. The minimum atomic E-state index is 0.707. The molecular weight excluding hydrogens is 238 g/mol. The maximum absolute atomic E-state index is 5.39. The molecule has 0 unspecified atom stereocenters. The van der Waals surface area contributed by atoms with Gasteiger partial charge >= 0.3 is 0 Å². The van der Waals surface area contributed by atoms with Gasteiger partial charge < -0.3 is 9.72 Å². The van der Waals surface area contributed by atoms with Gasteiger partial charge in [-0.1, -0.05) is 12.1 Å². The molecule has 1 aromatic heterocycles. The van der Waals surface area contributed by atoms with Gasteiger partial charge in [0.25, 0.3) is 0 Å². The van der Waals surface area contributed by atoms with Gasteiger partial charge in [0, 0.05) is 17.5 Å². The standard InChI is InChI=1S/C12H13NOS2/c1-2-14-10-5-3-9(4-6-10)7-11-8-13-12(15)16-11/h3-6,8H,2,7H2,1H3,(H,13,15). The maximum atomic E-state index is 5.39. The van der Waals surface area contributed by atoms with Crippen LogP contribution in [0.1, 0.15) is 17.4 Å². The Balaban J connectivity index is 2.07. The quantitative estimate of drug-likeness (QED) is 0.836. The molecule has 1 aromatic carbocycles. The van der Waals surface area contributed by atoms with Gasteiger partial charge in [0.05, 0.1) is 6.61 Å². The molecule has 0 spiro atoms. The van der Waals surface area contributed by atoms with E-state index in [1.54, 1.807) is 11.3 Å². The third-order valence-corrected chi connectivity index (χ3v) is 3.38. The predicted molar refractivity (Wildman–Crippen MR) is 69.9 cm³/mol. The second-order valence-corrected chi connectivity index (χ2v) is 5.20. The number of ether oxygens (including phenoxy) is 1. The highest BCUT2D eigenvalue weighted by Gasteiger charge is 1.99. The monoisotopic (exact) mass is 251 g/mol. The molecule has 0 fully saturated rings. The van der Waals surface area contributed by atoms with Gasteiger partial charge in [-0.25, -0.2) is 0 Å². The molecule has 0 saturated carbocycles. The van der Waals surface area contributed by atoms with Crippen molar-refractivity contribution in [3.05, 3.63) is 44.9 Å². The SMILES string of the molecule is CCOc1ccc(Cc2c[nH]c(=S)s2)cc1. The molecule has 2 nitrogen and oxygen atoms in total. The van der Waals surface area contributed by atoms with Crippen molar-refractivity contribution in [1.82, 2.24) is 4.98 Å². The zero-order valence-corrected chi connectivity index (χ0v) is 10.7. The molecule has 0 atom stereocenters. The molecule has 84 valence electrons. The molecule has 1 N–H and O–H groups in total. The molecule has 0 amide bonds. The maximum Gasteiger partial charge on any atom is 0.158 e. The van der Waals surface area contributed by atoms with Crippen LogP contribution in [0.4, 0.5) is 0 Å². The van der Waals surface area contributed by atoms with E-state index in [1.807, 2.05) is 25.3 Å². The van der Waals surface area contributed by atoms with Crippen LogP contribution in [0.2, 0.25) is 0 Å². The van der Waals surface area contributed by atoms with E-state index in [9.17, 15) is 0 Å². The van der Waals surface area contributed by atoms with Gasteiger partial charge in [-0.2, -0.15) is 0 Å². The molecule has 4 heteroatoms. The molecule has 0 radical (unpaired) electrons. The van der Waals surface area contributed by atoms with Crippen LogP contribution in [0, 0.1) is 3.95 Å². The van der Waals surface area contributed by atoms with E-state index in [-0.39, 0.29) is 0 Å². The lowest BCUT2D eigenvalue weighted by Crippen LogP contribution is -1.91. The number of hydrogen-bond acceptors (Lipinski definition) is 3. The third kappa shape index (κ3) is 2.93. The first kappa shape index (κ1) is 11.4. The summed E-state index contributed by atoms with van der Waals surface area (Å²) in [6.45, 7) is 2.69. The van der Waals surface area contributed by atoms with Crippen LogP contribution in [0.3, 0.4) is 0 Å². The second kappa shape index (κ2) is 5.27. The fourth-order valence-electron chi connectivity index (χ4n) is 1.48. The van der Waals surface area contributed by atoms with E-state index in [0.717, 1.165) is 16.1 Å². The normalized spacial score (nSPS) is 10.3. The Morgan fingerprint density at radius 1 is 1.31 bits per heavy atom. The average molecular weight is 251 g/mol. The minimum absolute atomic E-state index is 0.707. The summed E-state index contributed by atoms with van der Waals surface area (Å²) in [5.74, 6) is 0.924. The largest absolute Gasteiger partial charge is 0.494 e. The van der Waals surface area contributed by atoms with Gasteiger partial charge in [-0.15, -0.1) is 11.3 Å². The van der Waals surface area contributed by atoms with Crippen LogP contribution < -0.4 is 4.74 Å². The number of H-pyrrole nitrogens is 1. The van der Waals surface area contributed by atoms with Gasteiger partial charge in [0.1, 0.15) is 5.75 Å². The van der Waals surface area contributed by atoms with Crippen LogP contribution >= 0.6 is 23.6 Å². The molecule has 0 aliphatic heterocycles. The first-order valence-electron chi connectivity index (χ1n) is 5.17. The smallest absolute Gasteiger partial charge is 0.158 e. The van der Waals surface area contributed by atoms with Gasteiger partial charge in [-0.3, -0.25) is 0 Å². The van der Waals surface area contributed by atoms with E-state index in [0.29, 0.717) is 6.61 Å². The lowest BCUT2D eigenvalue weighted by atomic mass is 10.1. The number of benzene rings is 1. The average Bonchev–Trinajstić information content (AvgIpc) is 2.67. The van der Waals surface area contributed by atoms with Crippen molar-refractivity contribution in [2.45, 2.75) is 13.3 Å². The van der Waals surface area contributed by atoms with E-state index in [2.05, 4.69) is 17.1 Å². The Morgan fingerprint density at radius 2 is 2.06 bits per heavy atom. The van der Waals surface area contributed by atoms with E-state index < -0.39 is 0 Å². The number of thiazole rings is 1. The Kier molecular flexibility index (Phi) is 3.74. The molecule has 2 aromatic rings. The summed E-state index contributed by atoms with van der Waals surface area (Å²) in [5, 5.41) is 0. The van der Waals surface area contributed by atoms with E-state index >= 15 is 0 Å². The highest BCUT2D eigenvalue weighted by molar-refractivity contribution is 7.73. The number of aromatic amines is 1. The van der Waals surface area contributed by atoms with Crippen LogP contribution in [0.15, 0.2) is 30.5 Å². The van der Waals surface area contributed by atoms with Gasteiger partial charge in [0.2, 0.25) is 0 Å². The summed E-state index contributed by atoms with van der Waals surface area (Å²) in [4.78, 5) is 4.29. The second-order valence-electron chi connectivity index (χ2n) is 3.40. The summed E-state index contributed by atoms with van der Waals surface area (Å²) < 4.78 is 6.23. The van der Waals surface area contributed by atoms with Crippen molar-refractivity contribution in [2.75, 3.05) is 6.61 Å². The van der Waals surface area contributed by atoms with Crippen LogP contribution in [-0.2, 0) is 6.42 Å². The fourth-order valence-corrected chi connectivity index (χ4v) is 2.57. The Bertz CT molecular complexity index is 498. The molecule has 0 aliphatic carbocycles. The van der Waals surface area contributed by atoms with Crippen LogP contribution in [0.25, 0.3) is 0 Å². The summed E-state index contributed by atoms with van der Waals surface area (Å²) in [6.07, 6.45) is 2.90. The predicted octanol–water partition coefficient (Wildman–Crippen LogP) is 3.80. The van der Waals surface area contributed by atoms with Crippen LogP contribution in [0.5, 0.6) is 5.75 Å². The molecule has 0 bridgehead atoms. The van der Waals surface area contributed by atoms with Crippen molar-refractivity contribution in [1.29, 1.82) is 0 Å². The summed E-state index contributed by atoms with van der Waals surface area (Å²) >= 11 is 6.67. The minimum Gasteiger partial charge on any atom is -0.494 e. The van der Waals surface area contributed by atoms with E-state index in [1.165, 1.54) is 10.4 Å². The van der Waals surface area contributed by atoms with E-state index in [4.69, 9.17) is 17.0 Å². The third-order valence-electron chi connectivity index (χ3n) is 2.19. The lowest BCUT2D eigenvalue weighted by Gasteiger charge is -2.03. The summed E-state index contributed by atoms with van der Waals surface area (Å²) in [7, 11) is 0. The number of aromatic nitrogens is 1. The molecule has 1 heterocycles. The van der Waals surface area contributed by atoms with Gasteiger partial charge in [-0.05, 0) is 36.8 Å². The van der Waals surface area contributed by atoms with Crippen molar-refractivity contribution < 1.29 is 4.74 Å². The first-order chi connectivity index (χ1) is 7.78. The summed E-state index contributed by atoms with van der Waals surface area (Å²) in [5.41, 5.74) is 1.27. The Hall–Kier alpha value is -1.13. The zero-order chi connectivity index (χ0) is 11.4. The molecule has 0 saturated heterocycles. The Labute approximate surface area is 104 Å². The number of rotatable bonds is 4. The van der Waals surface area contributed by atoms with Crippen molar-refractivity contribution in [3.8, 4) is 5.75 Å². The zero-order valence-electron chi connectivity index (χ0n) is 9.03. The number of nitrogens with one attached hydrogen (secondary N) is 1. The van der Waals surface area contributed by atoms with Crippen LogP contribution in [-0.4, -0.2) is 11.6 Å². The molecule has 16 heavy (non-hydrogen) atoms. The van der Waals surface area contributed by atoms with Crippen molar-refractivity contribution in [2.24, 2.45) is 0 Å². The molecule has 2 rings (SSSR count). The molecular formula is C12H13NOS2. The first-order valence-corrected chi connectivity index (χ1v) is 6.39. The molecule has 0 aliphatic rings. The lowest BCUT2D eigenvalue weighted by molar-refractivity contribution is 0.340. The van der Waals surface area contributed by atoms with Crippen molar-refractivity contribution in [3.63, 3.8) is 0 Å².